The number of phenolic OH excluding ortho intramolecular Hbond substituents is 1. The van der Waals surface area contributed by atoms with Crippen molar-refractivity contribution < 1.29 is 10.0 Å². The van der Waals surface area contributed by atoms with E-state index in [9.17, 15) is 15.2 Å². The summed E-state index contributed by atoms with van der Waals surface area (Å²) in [6, 6.07) is 8.22. The van der Waals surface area contributed by atoms with E-state index >= 15 is 0 Å². The second-order valence-corrected chi connectivity index (χ2v) is 3.14. The molecule has 0 radical (unpaired) electrons. The van der Waals surface area contributed by atoms with Crippen molar-refractivity contribution in [1.29, 1.82) is 0 Å². The van der Waals surface area contributed by atoms with Gasteiger partial charge in [-0.05, 0) is 17.5 Å². The zero-order valence-electron chi connectivity index (χ0n) is 7.68. The highest BCUT2D eigenvalue weighted by Gasteiger charge is 2.20. The summed E-state index contributed by atoms with van der Waals surface area (Å²) in [6.45, 7) is 0. The average molecular weight is 204 g/mol. The van der Waals surface area contributed by atoms with Gasteiger partial charge < -0.3 is 10.8 Å². The minimum Gasteiger partial charge on any atom is -0.501 e. The van der Waals surface area contributed by atoms with Gasteiger partial charge in [-0.2, -0.15) is 0 Å². The van der Waals surface area contributed by atoms with E-state index < -0.39 is 10.7 Å². The number of phenols is 1. The number of nitrogens with zero attached hydrogens (tertiary/aromatic N) is 1. The van der Waals surface area contributed by atoms with E-state index in [0.29, 0.717) is 10.8 Å². The Labute approximate surface area is 84.9 Å². The van der Waals surface area contributed by atoms with E-state index in [4.69, 9.17) is 5.73 Å². The molecule has 0 saturated heterocycles. The number of nitro benzene ring substituents is 1. The van der Waals surface area contributed by atoms with Crippen LogP contribution in [0.3, 0.4) is 0 Å². The Morgan fingerprint density at radius 2 is 2.00 bits per heavy atom. The molecule has 0 aliphatic heterocycles. The number of hydrogen-bond donors (Lipinski definition) is 2. The van der Waals surface area contributed by atoms with E-state index in [2.05, 4.69) is 0 Å². The molecule has 0 aliphatic carbocycles. The lowest BCUT2D eigenvalue weighted by molar-refractivity contribution is -0.384. The van der Waals surface area contributed by atoms with Crippen molar-refractivity contribution in [3.05, 3.63) is 40.4 Å². The van der Waals surface area contributed by atoms with Crippen LogP contribution in [0.15, 0.2) is 30.3 Å². The first-order chi connectivity index (χ1) is 7.11. The lowest BCUT2D eigenvalue weighted by atomic mass is 10.1. The molecular formula is C10H8N2O3. The van der Waals surface area contributed by atoms with Crippen molar-refractivity contribution in [2.24, 2.45) is 0 Å². The molecule has 5 nitrogen and oxygen atoms in total. The Bertz CT molecular complexity index is 552. The highest BCUT2D eigenvalue weighted by Crippen LogP contribution is 2.38. The number of fused-ring (bicyclic) bond motifs is 1. The topological polar surface area (TPSA) is 89.4 Å². The summed E-state index contributed by atoms with van der Waals surface area (Å²) < 4.78 is 0. The van der Waals surface area contributed by atoms with Gasteiger partial charge in [0.15, 0.2) is 0 Å². The molecule has 3 N–H and O–H groups in total. The molecule has 0 saturated carbocycles. The van der Waals surface area contributed by atoms with Crippen LogP contribution in [0.25, 0.3) is 10.8 Å². The van der Waals surface area contributed by atoms with Crippen LogP contribution in [0.5, 0.6) is 5.75 Å². The Kier molecular flexibility index (Phi) is 1.93. The minimum absolute atomic E-state index is 0.0143. The summed E-state index contributed by atoms with van der Waals surface area (Å²) in [5, 5.41) is 21.3. The van der Waals surface area contributed by atoms with Gasteiger partial charge in [-0.3, -0.25) is 10.1 Å². The largest absolute Gasteiger partial charge is 0.501 e. The van der Waals surface area contributed by atoms with E-state index in [1.54, 1.807) is 24.3 Å². The fourth-order valence-corrected chi connectivity index (χ4v) is 1.52. The fourth-order valence-electron chi connectivity index (χ4n) is 1.52. The third-order valence-corrected chi connectivity index (χ3v) is 2.21. The van der Waals surface area contributed by atoms with Gasteiger partial charge in [-0.25, -0.2) is 0 Å². The van der Waals surface area contributed by atoms with E-state index in [1.165, 1.54) is 6.07 Å². The van der Waals surface area contributed by atoms with Crippen LogP contribution in [0.2, 0.25) is 0 Å². The van der Waals surface area contributed by atoms with Gasteiger partial charge in [-0.15, -0.1) is 0 Å². The molecule has 0 fully saturated rings. The van der Waals surface area contributed by atoms with Gasteiger partial charge in [-0.1, -0.05) is 18.2 Å². The maximum atomic E-state index is 10.8. The molecule has 2 rings (SSSR count). The van der Waals surface area contributed by atoms with E-state index in [-0.39, 0.29) is 11.4 Å². The molecule has 2 aromatic carbocycles. The zero-order chi connectivity index (χ0) is 11.0. The summed E-state index contributed by atoms with van der Waals surface area (Å²) in [5.74, 6) is -0.473. The smallest absolute Gasteiger partial charge is 0.320 e. The maximum absolute atomic E-state index is 10.8. The summed E-state index contributed by atoms with van der Waals surface area (Å²) >= 11 is 0. The highest BCUT2D eigenvalue weighted by molar-refractivity contribution is 5.97. The number of nitrogens with two attached hydrogens (primary N) is 1. The zero-order valence-corrected chi connectivity index (χ0v) is 7.68. The molecule has 15 heavy (non-hydrogen) atoms. The van der Waals surface area contributed by atoms with Crippen molar-refractivity contribution in [2.75, 3.05) is 5.73 Å². The fraction of sp³-hybridized carbons (Fsp3) is 0. The number of hydrogen-bond acceptors (Lipinski definition) is 4. The third kappa shape index (κ3) is 1.34. The van der Waals surface area contributed by atoms with Gasteiger partial charge >= 0.3 is 5.69 Å². The minimum atomic E-state index is -0.631. The van der Waals surface area contributed by atoms with Gasteiger partial charge in [0.05, 0.1) is 16.0 Å². The normalized spacial score (nSPS) is 10.4. The number of nitro groups is 1. The van der Waals surface area contributed by atoms with Crippen molar-refractivity contribution in [3.8, 4) is 5.75 Å². The number of rotatable bonds is 1. The molecular weight excluding hydrogens is 196 g/mol. The molecule has 5 heteroatoms. The molecule has 0 atom stereocenters. The van der Waals surface area contributed by atoms with Crippen LogP contribution < -0.4 is 5.73 Å². The molecule has 0 aromatic heterocycles. The summed E-state index contributed by atoms with van der Waals surface area (Å²) in [6.07, 6.45) is 0. The number of anilines is 1. The van der Waals surface area contributed by atoms with Crippen molar-refractivity contribution in [3.63, 3.8) is 0 Å². The lowest BCUT2D eigenvalue weighted by Crippen LogP contribution is -1.94. The Balaban J connectivity index is 2.95. The van der Waals surface area contributed by atoms with Crippen LogP contribution in [0.1, 0.15) is 0 Å². The van der Waals surface area contributed by atoms with Gasteiger partial charge in [0.25, 0.3) is 0 Å². The van der Waals surface area contributed by atoms with Crippen LogP contribution >= 0.6 is 0 Å². The van der Waals surface area contributed by atoms with Gasteiger partial charge in [0.1, 0.15) is 0 Å². The van der Waals surface area contributed by atoms with Crippen LogP contribution in [0, 0.1) is 10.1 Å². The number of aromatic hydroxyl groups is 1. The maximum Gasteiger partial charge on any atom is 0.320 e. The predicted octanol–water partition coefficient (Wildman–Crippen LogP) is 2.04. The first-order valence-electron chi connectivity index (χ1n) is 4.26. The van der Waals surface area contributed by atoms with Crippen molar-refractivity contribution in [1.82, 2.24) is 0 Å². The molecule has 0 amide bonds. The molecule has 2 aromatic rings. The summed E-state index contributed by atoms with van der Waals surface area (Å²) in [4.78, 5) is 10.1. The first-order valence-corrected chi connectivity index (χ1v) is 4.26. The molecule has 0 bridgehead atoms. The van der Waals surface area contributed by atoms with E-state index in [0.717, 1.165) is 0 Å². The lowest BCUT2D eigenvalue weighted by Gasteiger charge is -2.04. The van der Waals surface area contributed by atoms with Crippen LogP contribution in [0.4, 0.5) is 11.4 Å². The standard InChI is InChI=1S/C10H8N2O3/c11-8-5-6-3-1-2-4-7(6)9(10(8)13)12(14)15/h1-5,13H,11H2. The molecule has 0 aliphatic rings. The number of benzene rings is 2. The monoisotopic (exact) mass is 204 g/mol. The molecule has 0 unspecified atom stereocenters. The van der Waals surface area contributed by atoms with Crippen LogP contribution in [-0.4, -0.2) is 10.0 Å². The van der Waals surface area contributed by atoms with Crippen molar-refractivity contribution >= 4 is 22.1 Å². The van der Waals surface area contributed by atoms with Crippen molar-refractivity contribution in [2.45, 2.75) is 0 Å². The second-order valence-electron chi connectivity index (χ2n) is 3.14. The number of nitrogen functional groups attached to an aromatic ring is 1. The average Bonchev–Trinajstić information content (AvgIpc) is 2.19. The Hall–Kier alpha value is -2.30. The third-order valence-electron chi connectivity index (χ3n) is 2.21. The Morgan fingerprint density at radius 1 is 1.33 bits per heavy atom. The van der Waals surface area contributed by atoms with Gasteiger partial charge in [0, 0.05) is 0 Å². The predicted molar refractivity (Wildman–Crippen MR) is 56.7 cm³/mol. The SMILES string of the molecule is Nc1cc2ccccc2c([N+](=O)[O-])c1O. The molecule has 0 heterocycles. The van der Waals surface area contributed by atoms with Crippen LogP contribution in [-0.2, 0) is 0 Å². The van der Waals surface area contributed by atoms with E-state index in [1.807, 2.05) is 0 Å². The second kappa shape index (κ2) is 3.13. The highest BCUT2D eigenvalue weighted by atomic mass is 16.6. The molecule has 0 spiro atoms. The van der Waals surface area contributed by atoms with Gasteiger partial charge in [0.2, 0.25) is 5.75 Å². The molecule has 76 valence electrons. The summed E-state index contributed by atoms with van der Waals surface area (Å²) in [7, 11) is 0. The first kappa shape index (κ1) is 9.26. The summed E-state index contributed by atoms with van der Waals surface area (Å²) in [5.41, 5.74) is 5.14. The Morgan fingerprint density at radius 3 is 2.67 bits per heavy atom. The quantitative estimate of drug-likeness (QED) is 0.322.